The summed E-state index contributed by atoms with van der Waals surface area (Å²) in [7, 11) is 0. The van der Waals surface area contributed by atoms with E-state index in [1.165, 1.54) is 0 Å². The number of unbranched alkanes of at least 4 members (excludes halogenated alkanes) is 1. The van der Waals surface area contributed by atoms with E-state index in [9.17, 15) is 4.79 Å². The van der Waals surface area contributed by atoms with Crippen molar-refractivity contribution in [2.24, 2.45) is 0 Å². The summed E-state index contributed by atoms with van der Waals surface area (Å²) in [5.74, 6) is -0.117. The third kappa shape index (κ3) is 7.32. The molecule has 0 aliphatic heterocycles. The lowest BCUT2D eigenvalue weighted by atomic mass is 10.3. The average molecular weight is 170 g/mol. The Hall–Kier alpha value is -0.790. The van der Waals surface area contributed by atoms with Crippen molar-refractivity contribution in [2.75, 3.05) is 6.61 Å². The van der Waals surface area contributed by atoms with Crippen molar-refractivity contribution in [1.29, 1.82) is 0 Å². The zero-order valence-electron chi connectivity index (χ0n) is 8.01. The molecule has 0 atom stereocenters. The molecule has 0 unspecified atom stereocenters. The molecule has 0 bridgehead atoms. The van der Waals surface area contributed by atoms with Gasteiger partial charge in [0.15, 0.2) is 0 Å². The molecule has 70 valence electrons. The Labute approximate surface area is 74.6 Å². The van der Waals surface area contributed by atoms with Crippen LogP contribution < -0.4 is 0 Å². The van der Waals surface area contributed by atoms with Gasteiger partial charge in [0.05, 0.1) is 13.0 Å². The van der Waals surface area contributed by atoms with Crippen LogP contribution in [0.15, 0.2) is 12.2 Å². The molecule has 0 rings (SSSR count). The molecule has 0 saturated carbocycles. The van der Waals surface area contributed by atoms with Gasteiger partial charge in [-0.15, -0.1) is 0 Å². The largest absolute Gasteiger partial charge is 0.465 e. The normalized spacial score (nSPS) is 10.5. The van der Waals surface area contributed by atoms with Gasteiger partial charge in [-0.25, -0.2) is 0 Å². The third-order valence-corrected chi connectivity index (χ3v) is 1.45. The minimum Gasteiger partial charge on any atom is -0.465 e. The second-order valence-corrected chi connectivity index (χ2v) is 2.66. The van der Waals surface area contributed by atoms with Crippen molar-refractivity contribution in [3.05, 3.63) is 12.2 Å². The summed E-state index contributed by atoms with van der Waals surface area (Å²) in [5.41, 5.74) is 0. The fourth-order valence-electron chi connectivity index (χ4n) is 0.735. The summed E-state index contributed by atoms with van der Waals surface area (Å²) < 4.78 is 4.94. The number of ether oxygens (including phenoxy) is 1. The van der Waals surface area contributed by atoms with E-state index in [2.05, 4.69) is 6.92 Å². The van der Waals surface area contributed by atoms with E-state index >= 15 is 0 Å². The summed E-state index contributed by atoms with van der Waals surface area (Å²) >= 11 is 0. The zero-order valence-corrected chi connectivity index (χ0v) is 8.01. The summed E-state index contributed by atoms with van der Waals surface area (Å²) in [5, 5.41) is 0. The highest BCUT2D eigenvalue weighted by Crippen LogP contribution is 1.93. The number of esters is 1. The van der Waals surface area contributed by atoms with Crippen molar-refractivity contribution in [3.8, 4) is 0 Å². The van der Waals surface area contributed by atoms with E-state index in [1.807, 2.05) is 19.1 Å². The molecule has 2 heteroatoms. The van der Waals surface area contributed by atoms with Crippen LogP contribution in [0.5, 0.6) is 0 Å². The summed E-state index contributed by atoms with van der Waals surface area (Å²) in [4.78, 5) is 10.9. The maximum atomic E-state index is 10.9. The van der Waals surface area contributed by atoms with Gasteiger partial charge in [0.1, 0.15) is 0 Å². The maximum Gasteiger partial charge on any atom is 0.309 e. The second kappa shape index (κ2) is 8.31. The first-order valence-electron chi connectivity index (χ1n) is 4.61. The van der Waals surface area contributed by atoms with Crippen LogP contribution in [0.1, 0.15) is 39.5 Å². The van der Waals surface area contributed by atoms with E-state index in [0.717, 1.165) is 19.3 Å². The highest BCUT2D eigenvalue weighted by molar-refractivity contribution is 5.71. The monoisotopic (exact) mass is 170 g/mol. The molecule has 0 spiro atoms. The molecule has 0 aromatic heterocycles. The van der Waals surface area contributed by atoms with Gasteiger partial charge in [-0.1, -0.05) is 32.4 Å². The standard InChI is InChI=1S/C10H18O2/c1-3-5-7-8-10(11)12-9-6-4-2/h5,7H,3-4,6,8-9H2,1-2H3. The highest BCUT2D eigenvalue weighted by atomic mass is 16.5. The number of hydrogen-bond donors (Lipinski definition) is 0. The number of hydrogen-bond acceptors (Lipinski definition) is 2. The average Bonchev–Trinajstić information content (AvgIpc) is 2.06. The smallest absolute Gasteiger partial charge is 0.309 e. The summed E-state index contributed by atoms with van der Waals surface area (Å²) in [6.07, 6.45) is 7.25. The molecule has 0 aromatic rings. The minimum absolute atomic E-state index is 0.117. The fourth-order valence-corrected chi connectivity index (χ4v) is 0.735. The van der Waals surface area contributed by atoms with E-state index < -0.39 is 0 Å². The molecular weight excluding hydrogens is 152 g/mol. The van der Waals surface area contributed by atoms with Crippen LogP contribution in [0.2, 0.25) is 0 Å². The van der Waals surface area contributed by atoms with Gasteiger partial charge in [-0.2, -0.15) is 0 Å². The van der Waals surface area contributed by atoms with Gasteiger partial charge in [0.25, 0.3) is 0 Å². The van der Waals surface area contributed by atoms with Crippen molar-refractivity contribution >= 4 is 5.97 Å². The van der Waals surface area contributed by atoms with Gasteiger partial charge in [0.2, 0.25) is 0 Å². The first-order valence-corrected chi connectivity index (χ1v) is 4.61. The lowest BCUT2D eigenvalue weighted by molar-refractivity contribution is -0.142. The Morgan fingerprint density at radius 2 is 2.08 bits per heavy atom. The Morgan fingerprint density at radius 1 is 1.33 bits per heavy atom. The fraction of sp³-hybridized carbons (Fsp3) is 0.700. The van der Waals surface area contributed by atoms with Gasteiger partial charge >= 0.3 is 5.97 Å². The predicted molar refractivity (Wildman–Crippen MR) is 49.9 cm³/mol. The van der Waals surface area contributed by atoms with Crippen molar-refractivity contribution < 1.29 is 9.53 Å². The maximum absolute atomic E-state index is 10.9. The van der Waals surface area contributed by atoms with Gasteiger partial charge in [-0.05, 0) is 12.8 Å². The Kier molecular flexibility index (Phi) is 7.76. The number of rotatable bonds is 6. The van der Waals surface area contributed by atoms with Crippen LogP contribution in [0, 0.1) is 0 Å². The van der Waals surface area contributed by atoms with Gasteiger partial charge in [-0.3, -0.25) is 4.79 Å². The lowest BCUT2D eigenvalue weighted by Gasteiger charge is -2.00. The molecule has 0 fully saturated rings. The van der Waals surface area contributed by atoms with Gasteiger partial charge < -0.3 is 4.74 Å². The summed E-state index contributed by atoms with van der Waals surface area (Å²) in [6, 6.07) is 0. The van der Waals surface area contributed by atoms with E-state index in [0.29, 0.717) is 13.0 Å². The minimum atomic E-state index is -0.117. The van der Waals surface area contributed by atoms with Crippen LogP contribution in [0.25, 0.3) is 0 Å². The van der Waals surface area contributed by atoms with Crippen molar-refractivity contribution in [3.63, 3.8) is 0 Å². The summed E-state index contributed by atoms with van der Waals surface area (Å²) in [6.45, 7) is 4.68. The Morgan fingerprint density at radius 3 is 2.67 bits per heavy atom. The molecule has 0 radical (unpaired) electrons. The Balaban J connectivity index is 3.27. The molecule has 0 amide bonds. The first kappa shape index (κ1) is 11.2. The van der Waals surface area contributed by atoms with Crippen molar-refractivity contribution in [2.45, 2.75) is 39.5 Å². The number of carbonyl (C=O) groups excluding carboxylic acids is 1. The molecule has 12 heavy (non-hydrogen) atoms. The molecule has 2 nitrogen and oxygen atoms in total. The number of carbonyl (C=O) groups is 1. The quantitative estimate of drug-likeness (QED) is 0.348. The van der Waals surface area contributed by atoms with Crippen LogP contribution in [-0.2, 0) is 9.53 Å². The van der Waals surface area contributed by atoms with Crippen LogP contribution in [-0.4, -0.2) is 12.6 Å². The molecule has 0 saturated heterocycles. The van der Waals surface area contributed by atoms with Crippen LogP contribution >= 0.6 is 0 Å². The van der Waals surface area contributed by atoms with E-state index in [1.54, 1.807) is 0 Å². The van der Waals surface area contributed by atoms with Crippen LogP contribution in [0.3, 0.4) is 0 Å². The Bertz CT molecular complexity index is 139. The molecule has 0 aliphatic carbocycles. The van der Waals surface area contributed by atoms with E-state index in [-0.39, 0.29) is 5.97 Å². The number of allylic oxidation sites excluding steroid dienone is 1. The van der Waals surface area contributed by atoms with E-state index in [4.69, 9.17) is 4.74 Å². The molecule has 0 aromatic carbocycles. The topological polar surface area (TPSA) is 26.3 Å². The SMILES string of the molecule is CCC=CCC(=O)OCCCC. The molecular formula is C10H18O2. The lowest BCUT2D eigenvalue weighted by Crippen LogP contribution is -2.03. The second-order valence-electron chi connectivity index (χ2n) is 2.66. The zero-order chi connectivity index (χ0) is 9.23. The van der Waals surface area contributed by atoms with Crippen molar-refractivity contribution in [1.82, 2.24) is 0 Å². The highest BCUT2D eigenvalue weighted by Gasteiger charge is 1.97. The van der Waals surface area contributed by atoms with Crippen LogP contribution in [0.4, 0.5) is 0 Å². The first-order chi connectivity index (χ1) is 5.81. The predicted octanol–water partition coefficient (Wildman–Crippen LogP) is 2.69. The third-order valence-electron chi connectivity index (χ3n) is 1.45. The van der Waals surface area contributed by atoms with Gasteiger partial charge in [0, 0.05) is 0 Å². The molecule has 0 N–H and O–H groups in total. The molecule has 0 aliphatic rings. The molecule has 0 heterocycles.